The Morgan fingerprint density at radius 1 is 1.21 bits per heavy atom. The first-order valence-corrected chi connectivity index (χ1v) is 11.2. The molecule has 1 atom stereocenters. The molecule has 0 spiro atoms. The second-order valence-corrected chi connectivity index (χ2v) is 10.5. The van der Waals surface area contributed by atoms with Gasteiger partial charge in [-0.25, -0.2) is 0 Å². The molecule has 1 aliphatic heterocycles. The van der Waals surface area contributed by atoms with Crippen molar-refractivity contribution in [1.29, 1.82) is 0 Å². The van der Waals surface area contributed by atoms with Crippen LogP contribution in [0, 0.1) is 0 Å². The zero-order chi connectivity index (χ0) is 19.0. The molecule has 0 aromatic carbocycles. The van der Waals surface area contributed by atoms with Gasteiger partial charge in [-0.2, -0.15) is 0 Å². The average molecular weight is 554 g/mol. The molecular formula is C18H20Br2ClN3O3S. The zero-order valence-corrected chi connectivity index (χ0v) is 19.8. The van der Waals surface area contributed by atoms with E-state index in [9.17, 15) is 9.59 Å². The quantitative estimate of drug-likeness (QED) is 0.610. The maximum Gasteiger partial charge on any atom is 0.234 e. The Bertz CT molecular complexity index is 851. The Labute approximate surface area is 190 Å². The highest BCUT2D eigenvalue weighted by molar-refractivity contribution is 9.12. The monoisotopic (exact) mass is 551 g/mol. The first kappa shape index (κ1) is 22.0. The van der Waals surface area contributed by atoms with Crippen LogP contribution in [0.15, 0.2) is 30.4 Å². The minimum Gasteiger partial charge on any atom is -0.468 e. The lowest BCUT2D eigenvalue weighted by atomic mass is 10.2. The van der Waals surface area contributed by atoms with Crippen LogP contribution < -0.4 is 5.32 Å². The number of carbonyl (C=O) groups is 2. The number of halogens is 3. The Morgan fingerprint density at radius 2 is 1.93 bits per heavy atom. The summed E-state index contributed by atoms with van der Waals surface area (Å²) < 4.78 is 7.14. The van der Waals surface area contributed by atoms with Gasteiger partial charge in [0.1, 0.15) is 5.76 Å². The molecule has 1 saturated heterocycles. The predicted molar refractivity (Wildman–Crippen MR) is 117 cm³/mol. The third kappa shape index (κ3) is 4.71. The van der Waals surface area contributed by atoms with Crippen LogP contribution >= 0.6 is 55.6 Å². The number of thiophene rings is 1. The maximum absolute atomic E-state index is 12.5. The van der Waals surface area contributed by atoms with Crippen LogP contribution in [0.1, 0.15) is 34.1 Å². The predicted octanol–water partition coefficient (Wildman–Crippen LogP) is 3.85. The summed E-state index contributed by atoms with van der Waals surface area (Å²) in [5.74, 6) is 1.01. The van der Waals surface area contributed by atoms with Gasteiger partial charge in [-0.1, -0.05) is 0 Å². The smallest absolute Gasteiger partial charge is 0.234 e. The second kappa shape index (κ2) is 9.40. The minimum atomic E-state index is -0.239. The van der Waals surface area contributed by atoms with Gasteiger partial charge >= 0.3 is 0 Å². The molecule has 1 fully saturated rings. The van der Waals surface area contributed by atoms with Crippen molar-refractivity contribution in [3.8, 4) is 0 Å². The average Bonchev–Trinajstić information content (AvgIpc) is 3.30. The van der Waals surface area contributed by atoms with Crippen molar-refractivity contribution in [2.24, 2.45) is 0 Å². The summed E-state index contributed by atoms with van der Waals surface area (Å²) in [4.78, 5) is 29.2. The van der Waals surface area contributed by atoms with Crippen molar-refractivity contribution in [3.05, 3.63) is 42.9 Å². The van der Waals surface area contributed by atoms with E-state index in [4.69, 9.17) is 4.42 Å². The van der Waals surface area contributed by atoms with Crippen molar-refractivity contribution in [2.75, 3.05) is 32.7 Å². The van der Waals surface area contributed by atoms with E-state index in [1.54, 1.807) is 6.26 Å². The number of carbonyl (C=O) groups excluding carboxylic acids is 2. The van der Waals surface area contributed by atoms with Gasteiger partial charge in [0, 0.05) is 43.7 Å². The molecule has 6 nitrogen and oxygen atoms in total. The molecule has 28 heavy (non-hydrogen) atoms. The molecule has 2 aliphatic rings. The van der Waals surface area contributed by atoms with Gasteiger partial charge in [0.15, 0.2) is 5.78 Å². The molecule has 0 saturated carbocycles. The van der Waals surface area contributed by atoms with Crippen LogP contribution in [-0.4, -0.2) is 54.2 Å². The molecule has 152 valence electrons. The number of rotatable bonds is 5. The van der Waals surface area contributed by atoms with E-state index in [0.29, 0.717) is 18.5 Å². The number of ketones is 1. The number of nitrogens with one attached hydrogen (secondary N) is 1. The lowest BCUT2D eigenvalue weighted by Crippen LogP contribution is -2.49. The molecule has 0 bridgehead atoms. The Balaban J connectivity index is 0.00000225. The van der Waals surface area contributed by atoms with Crippen molar-refractivity contribution >= 4 is 67.3 Å². The number of nitrogens with zero attached hydrogens (tertiary/aromatic N) is 2. The maximum atomic E-state index is 12.5. The molecule has 3 heterocycles. The zero-order valence-electron chi connectivity index (χ0n) is 15.0. The lowest BCUT2D eigenvalue weighted by molar-refractivity contribution is -0.123. The van der Waals surface area contributed by atoms with Crippen molar-refractivity contribution in [2.45, 2.75) is 19.0 Å². The van der Waals surface area contributed by atoms with E-state index in [0.717, 1.165) is 51.6 Å². The molecular weight excluding hydrogens is 534 g/mol. The van der Waals surface area contributed by atoms with Gasteiger partial charge in [-0.3, -0.25) is 19.4 Å². The van der Waals surface area contributed by atoms with Crippen molar-refractivity contribution < 1.29 is 14.0 Å². The summed E-state index contributed by atoms with van der Waals surface area (Å²) in [6.07, 6.45) is 2.03. The number of amides is 1. The lowest BCUT2D eigenvalue weighted by Gasteiger charge is -2.34. The van der Waals surface area contributed by atoms with Crippen LogP contribution in [0.2, 0.25) is 0 Å². The minimum absolute atomic E-state index is 0. The third-order valence-corrected chi connectivity index (χ3v) is 7.58. The number of hydrogen-bond acceptors (Lipinski definition) is 6. The fourth-order valence-corrected chi connectivity index (χ4v) is 7.01. The third-order valence-electron chi connectivity index (χ3n) is 5.00. The van der Waals surface area contributed by atoms with Crippen molar-refractivity contribution in [3.63, 3.8) is 0 Å². The molecule has 2 aromatic heterocycles. The summed E-state index contributed by atoms with van der Waals surface area (Å²) in [5, 5.41) is 3.04. The van der Waals surface area contributed by atoms with Crippen LogP contribution in [0.5, 0.6) is 0 Å². The normalized spacial score (nSPS) is 20.1. The summed E-state index contributed by atoms with van der Waals surface area (Å²) in [6, 6.07) is 3.65. The Hall–Kier alpha value is -0.710. The van der Waals surface area contributed by atoms with Gasteiger partial charge in [0.2, 0.25) is 5.91 Å². The van der Waals surface area contributed by atoms with E-state index in [1.807, 2.05) is 12.1 Å². The molecule has 2 aromatic rings. The van der Waals surface area contributed by atoms with Gasteiger partial charge in [0.25, 0.3) is 0 Å². The second-order valence-electron chi connectivity index (χ2n) is 6.82. The molecule has 10 heteroatoms. The number of fused-ring (bicyclic) bond motifs is 1. The topological polar surface area (TPSA) is 65.8 Å². The highest BCUT2D eigenvalue weighted by Gasteiger charge is 2.36. The molecule has 1 unspecified atom stereocenters. The Morgan fingerprint density at radius 3 is 2.61 bits per heavy atom. The van der Waals surface area contributed by atoms with Crippen molar-refractivity contribution in [1.82, 2.24) is 15.1 Å². The van der Waals surface area contributed by atoms with E-state index >= 15 is 0 Å². The van der Waals surface area contributed by atoms with Crippen LogP contribution in [0.25, 0.3) is 0 Å². The molecule has 0 radical (unpaired) electrons. The van der Waals surface area contributed by atoms with Gasteiger partial charge in [-0.05, 0) is 44.0 Å². The molecule has 1 N–H and O–H groups in total. The van der Waals surface area contributed by atoms with Gasteiger partial charge in [0.05, 0.1) is 33.0 Å². The van der Waals surface area contributed by atoms with Crippen LogP contribution in [0.4, 0.5) is 0 Å². The number of furan rings is 1. The summed E-state index contributed by atoms with van der Waals surface area (Å²) in [7, 11) is 0. The first-order chi connectivity index (χ1) is 13.0. The standard InChI is InChI=1S/C18H19Br2N3O3S.ClH/c19-17-15-12(8-13(24)16(15)18(20)27-17)21-14(25)10-23-5-3-22(4-6-23)9-11-2-1-7-26-11;/h1-2,7,12H,3-6,8-10H2,(H,21,25);1H. The van der Waals surface area contributed by atoms with Gasteiger partial charge in [-0.15, -0.1) is 23.7 Å². The van der Waals surface area contributed by atoms with E-state index in [-0.39, 0.29) is 30.1 Å². The summed E-state index contributed by atoms with van der Waals surface area (Å²) in [6.45, 7) is 4.66. The number of Topliss-reactive ketones (excluding diaryl/α,β-unsaturated/α-hetero) is 1. The summed E-state index contributed by atoms with van der Waals surface area (Å²) >= 11 is 8.44. The molecule has 4 rings (SSSR count). The fraction of sp³-hybridized carbons (Fsp3) is 0.444. The highest BCUT2D eigenvalue weighted by Crippen LogP contribution is 2.46. The fourth-order valence-electron chi connectivity index (χ4n) is 3.64. The molecule has 1 aliphatic carbocycles. The highest BCUT2D eigenvalue weighted by atomic mass is 79.9. The number of hydrogen-bond donors (Lipinski definition) is 1. The van der Waals surface area contributed by atoms with E-state index in [1.165, 1.54) is 11.3 Å². The van der Waals surface area contributed by atoms with E-state index < -0.39 is 0 Å². The van der Waals surface area contributed by atoms with Gasteiger partial charge < -0.3 is 9.73 Å². The first-order valence-electron chi connectivity index (χ1n) is 8.78. The van der Waals surface area contributed by atoms with Crippen LogP contribution in [-0.2, 0) is 11.3 Å². The Kier molecular flexibility index (Phi) is 7.38. The number of piperazine rings is 1. The molecule has 1 amide bonds. The SMILES string of the molecule is Cl.O=C(CN1CCN(Cc2ccco2)CC1)NC1CC(=O)c2c(Br)sc(Br)c21. The largest absolute Gasteiger partial charge is 0.468 e. The van der Waals surface area contributed by atoms with Crippen LogP contribution in [0.3, 0.4) is 0 Å². The summed E-state index contributed by atoms with van der Waals surface area (Å²) in [5.41, 5.74) is 1.62. The van der Waals surface area contributed by atoms with E-state index in [2.05, 4.69) is 47.0 Å².